The summed E-state index contributed by atoms with van der Waals surface area (Å²) in [5, 5.41) is 2.57. The van der Waals surface area contributed by atoms with E-state index in [0.717, 1.165) is 13.2 Å². The van der Waals surface area contributed by atoms with Crippen LogP contribution in [0.5, 0.6) is 0 Å². The number of esters is 1. The molecule has 0 radical (unpaired) electrons. The van der Waals surface area contributed by atoms with Crippen molar-refractivity contribution in [3.05, 3.63) is 34.6 Å². The van der Waals surface area contributed by atoms with Gasteiger partial charge in [0.15, 0.2) is 6.04 Å². The van der Waals surface area contributed by atoms with Gasteiger partial charge in [-0.2, -0.15) is 0 Å². The number of nitrogens with one attached hydrogen (secondary N) is 1. The van der Waals surface area contributed by atoms with Crippen LogP contribution in [0.15, 0.2) is 18.2 Å². The average molecular weight is 260 g/mol. The molecule has 0 aliphatic carbocycles. The summed E-state index contributed by atoms with van der Waals surface area (Å²) in [6, 6.07) is 2.54. The lowest BCUT2D eigenvalue weighted by Crippen LogP contribution is -2.33. The molecule has 1 unspecified atom stereocenters. The summed E-state index contributed by atoms with van der Waals surface area (Å²) in [6.07, 6.45) is 0. The zero-order valence-electron chi connectivity index (χ0n) is 9.29. The highest BCUT2D eigenvalue weighted by molar-refractivity contribution is 6.30. The Bertz CT molecular complexity index is 450. The zero-order valence-corrected chi connectivity index (χ0v) is 10.0. The molecule has 1 aromatic rings. The fraction of sp³-hybridized carbons (Fsp3) is 0.273. The minimum atomic E-state index is -1.20. The molecule has 1 atom stereocenters. The number of ether oxygens (including phenoxy) is 1. The fourth-order valence-electron chi connectivity index (χ4n) is 1.32. The topological polar surface area (TPSA) is 55.4 Å². The first kappa shape index (κ1) is 13.4. The van der Waals surface area contributed by atoms with Gasteiger partial charge in [0.05, 0.1) is 7.11 Å². The number of carbonyl (C=O) groups excluding carboxylic acids is 2. The van der Waals surface area contributed by atoms with Crippen molar-refractivity contribution in [1.82, 2.24) is 5.32 Å². The van der Waals surface area contributed by atoms with Crippen molar-refractivity contribution >= 4 is 23.5 Å². The minimum Gasteiger partial charge on any atom is -0.467 e. The number of halogens is 2. The molecular weight excluding hydrogens is 249 g/mol. The third-order valence-corrected chi connectivity index (χ3v) is 2.29. The van der Waals surface area contributed by atoms with Crippen molar-refractivity contribution < 1.29 is 18.7 Å². The van der Waals surface area contributed by atoms with Crippen LogP contribution in [-0.2, 0) is 14.3 Å². The summed E-state index contributed by atoms with van der Waals surface area (Å²) < 4.78 is 18.0. The van der Waals surface area contributed by atoms with Crippen LogP contribution < -0.4 is 5.32 Å². The lowest BCUT2D eigenvalue weighted by molar-refractivity contribution is -0.145. The Morgan fingerprint density at radius 3 is 2.65 bits per heavy atom. The van der Waals surface area contributed by atoms with E-state index in [4.69, 9.17) is 11.6 Å². The number of rotatable bonds is 3. The van der Waals surface area contributed by atoms with Gasteiger partial charge < -0.3 is 10.1 Å². The van der Waals surface area contributed by atoms with E-state index < -0.39 is 23.7 Å². The molecule has 0 saturated carbocycles. The van der Waals surface area contributed by atoms with E-state index in [1.807, 2.05) is 0 Å². The first-order chi connectivity index (χ1) is 7.95. The molecule has 1 aromatic carbocycles. The molecule has 1 rings (SSSR count). The predicted octanol–water partition coefficient (Wildman–Crippen LogP) is 1.83. The van der Waals surface area contributed by atoms with E-state index in [9.17, 15) is 14.0 Å². The summed E-state index contributed by atoms with van der Waals surface area (Å²) in [5.74, 6) is -1.88. The summed E-state index contributed by atoms with van der Waals surface area (Å²) in [4.78, 5) is 22.4. The second-order valence-electron chi connectivity index (χ2n) is 3.32. The molecule has 0 heterocycles. The van der Waals surface area contributed by atoms with Gasteiger partial charge in [-0.15, -0.1) is 0 Å². The molecule has 1 N–H and O–H groups in total. The van der Waals surface area contributed by atoms with Crippen LogP contribution in [-0.4, -0.2) is 19.0 Å². The normalized spacial score (nSPS) is 11.8. The van der Waals surface area contributed by atoms with Crippen LogP contribution in [0.1, 0.15) is 18.5 Å². The molecule has 92 valence electrons. The molecule has 0 aromatic heterocycles. The van der Waals surface area contributed by atoms with Crippen molar-refractivity contribution in [2.75, 3.05) is 7.11 Å². The first-order valence-corrected chi connectivity index (χ1v) is 5.13. The summed E-state index contributed by atoms with van der Waals surface area (Å²) in [7, 11) is 1.15. The van der Waals surface area contributed by atoms with E-state index in [1.54, 1.807) is 0 Å². The van der Waals surface area contributed by atoms with Crippen molar-refractivity contribution in [3.63, 3.8) is 0 Å². The molecular formula is C11H11ClFNO3. The Labute approximate surface area is 103 Å². The first-order valence-electron chi connectivity index (χ1n) is 4.75. The summed E-state index contributed by atoms with van der Waals surface area (Å²) in [6.45, 7) is 1.22. The van der Waals surface area contributed by atoms with Gasteiger partial charge in [0, 0.05) is 17.5 Å². The molecule has 6 heteroatoms. The van der Waals surface area contributed by atoms with Crippen LogP contribution in [0.25, 0.3) is 0 Å². The number of hydrogen-bond acceptors (Lipinski definition) is 3. The Morgan fingerprint density at radius 2 is 2.12 bits per heavy atom. The molecule has 1 amide bonds. The van der Waals surface area contributed by atoms with E-state index in [2.05, 4.69) is 10.1 Å². The molecule has 0 aliphatic rings. The largest absolute Gasteiger partial charge is 0.467 e. The number of carbonyl (C=O) groups is 2. The summed E-state index contributed by atoms with van der Waals surface area (Å²) in [5.41, 5.74) is -0.0282. The molecule has 4 nitrogen and oxygen atoms in total. The maximum atomic E-state index is 13.5. The van der Waals surface area contributed by atoms with Crippen molar-refractivity contribution in [1.29, 1.82) is 0 Å². The highest BCUT2D eigenvalue weighted by atomic mass is 35.5. The van der Waals surface area contributed by atoms with Gasteiger partial charge in [-0.25, -0.2) is 9.18 Å². The molecule has 17 heavy (non-hydrogen) atoms. The second kappa shape index (κ2) is 5.63. The van der Waals surface area contributed by atoms with Crippen LogP contribution >= 0.6 is 11.6 Å². The van der Waals surface area contributed by atoms with Gasteiger partial charge in [0.25, 0.3) is 0 Å². The van der Waals surface area contributed by atoms with Crippen molar-refractivity contribution in [2.45, 2.75) is 13.0 Å². The fourth-order valence-corrected chi connectivity index (χ4v) is 1.50. The summed E-state index contributed by atoms with van der Waals surface area (Å²) >= 11 is 5.71. The van der Waals surface area contributed by atoms with Gasteiger partial charge in [0.1, 0.15) is 5.82 Å². The van der Waals surface area contributed by atoms with Crippen LogP contribution in [0.3, 0.4) is 0 Å². The van der Waals surface area contributed by atoms with Crippen molar-refractivity contribution in [3.8, 4) is 0 Å². The van der Waals surface area contributed by atoms with E-state index in [0.29, 0.717) is 0 Å². The standard InChI is InChI=1S/C11H11ClFNO3/c1-6(15)14-10(11(16)17-2)8-5-7(12)3-4-9(8)13/h3-5,10H,1-2H3,(H,14,15). The van der Waals surface area contributed by atoms with Gasteiger partial charge in [0.2, 0.25) is 5.91 Å². The second-order valence-corrected chi connectivity index (χ2v) is 3.76. The SMILES string of the molecule is COC(=O)C(NC(C)=O)c1cc(Cl)ccc1F. The third-order valence-electron chi connectivity index (χ3n) is 2.05. The predicted molar refractivity (Wildman–Crippen MR) is 60.0 cm³/mol. The van der Waals surface area contributed by atoms with Gasteiger partial charge in [-0.1, -0.05) is 11.6 Å². The molecule has 0 fully saturated rings. The minimum absolute atomic E-state index is 0.0282. The molecule has 0 aliphatic heterocycles. The highest BCUT2D eigenvalue weighted by Gasteiger charge is 2.25. The molecule has 0 saturated heterocycles. The lowest BCUT2D eigenvalue weighted by Gasteiger charge is -2.16. The van der Waals surface area contributed by atoms with E-state index >= 15 is 0 Å². The zero-order chi connectivity index (χ0) is 13.0. The molecule has 0 bridgehead atoms. The maximum Gasteiger partial charge on any atom is 0.333 e. The lowest BCUT2D eigenvalue weighted by atomic mass is 10.1. The van der Waals surface area contributed by atoms with Crippen LogP contribution in [0.4, 0.5) is 4.39 Å². The van der Waals surface area contributed by atoms with Gasteiger partial charge in [-0.3, -0.25) is 4.79 Å². The Kier molecular flexibility index (Phi) is 4.45. The average Bonchev–Trinajstić information content (AvgIpc) is 2.28. The van der Waals surface area contributed by atoms with Crippen molar-refractivity contribution in [2.24, 2.45) is 0 Å². The Hall–Kier alpha value is -1.62. The smallest absolute Gasteiger partial charge is 0.333 e. The quantitative estimate of drug-likeness (QED) is 0.843. The van der Waals surface area contributed by atoms with Gasteiger partial charge in [-0.05, 0) is 18.2 Å². The third kappa shape index (κ3) is 3.42. The number of benzene rings is 1. The van der Waals surface area contributed by atoms with E-state index in [-0.39, 0.29) is 10.6 Å². The Morgan fingerprint density at radius 1 is 1.47 bits per heavy atom. The Balaban J connectivity index is 3.16. The van der Waals surface area contributed by atoms with E-state index in [1.165, 1.54) is 19.1 Å². The highest BCUT2D eigenvalue weighted by Crippen LogP contribution is 2.22. The number of hydrogen-bond donors (Lipinski definition) is 1. The number of amides is 1. The monoisotopic (exact) mass is 259 g/mol. The van der Waals surface area contributed by atoms with Crippen LogP contribution in [0, 0.1) is 5.82 Å². The van der Waals surface area contributed by atoms with Gasteiger partial charge >= 0.3 is 5.97 Å². The molecule has 0 spiro atoms. The number of methoxy groups -OCH3 is 1. The van der Waals surface area contributed by atoms with Crippen LogP contribution in [0.2, 0.25) is 5.02 Å². The maximum absolute atomic E-state index is 13.5.